The third kappa shape index (κ3) is 3.31. The molecule has 1 aliphatic carbocycles. The Morgan fingerprint density at radius 2 is 1.86 bits per heavy atom. The van der Waals surface area contributed by atoms with Crippen molar-refractivity contribution in [3.63, 3.8) is 0 Å². The molecule has 1 heterocycles. The van der Waals surface area contributed by atoms with Crippen LogP contribution in [0.15, 0.2) is 18.2 Å². The Labute approximate surface area is 126 Å². The second-order valence-electron chi connectivity index (χ2n) is 6.31. The van der Waals surface area contributed by atoms with E-state index < -0.39 is 0 Å². The van der Waals surface area contributed by atoms with Crippen molar-refractivity contribution in [1.82, 2.24) is 5.32 Å². The number of carbonyl (C=O) groups excluding carboxylic acids is 1. The third-order valence-electron chi connectivity index (χ3n) is 4.72. The molecular weight excluding hydrogens is 262 g/mol. The van der Waals surface area contributed by atoms with E-state index in [-0.39, 0.29) is 5.91 Å². The number of benzene rings is 1. The van der Waals surface area contributed by atoms with Crippen LogP contribution in [0, 0.1) is 5.92 Å². The first kappa shape index (κ1) is 14.2. The van der Waals surface area contributed by atoms with Crippen LogP contribution in [0.2, 0.25) is 0 Å². The molecule has 3 rings (SSSR count). The molecule has 3 N–H and O–H groups in total. The highest BCUT2D eigenvalue weighted by Gasteiger charge is 2.22. The molecule has 1 saturated carbocycles. The third-order valence-corrected chi connectivity index (χ3v) is 4.72. The monoisotopic (exact) mass is 287 g/mol. The van der Waals surface area contributed by atoms with Gasteiger partial charge in [0.05, 0.1) is 11.4 Å². The Hall–Kier alpha value is -1.71. The van der Waals surface area contributed by atoms with Gasteiger partial charge in [0, 0.05) is 24.7 Å². The van der Waals surface area contributed by atoms with Gasteiger partial charge in [-0.2, -0.15) is 0 Å². The van der Waals surface area contributed by atoms with Gasteiger partial charge < -0.3 is 16.0 Å². The van der Waals surface area contributed by atoms with Crippen molar-refractivity contribution in [3.8, 4) is 0 Å². The fraction of sp³-hybridized carbons (Fsp3) is 0.588. The van der Waals surface area contributed by atoms with Crippen LogP contribution in [-0.4, -0.2) is 25.0 Å². The predicted molar refractivity (Wildman–Crippen MR) is 86.9 cm³/mol. The molecule has 0 saturated heterocycles. The second-order valence-corrected chi connectivity index (χ2v) is 6.31. The Bertz CT molecular complexity index is 515. The molecule has 2 aliphatic rings. The van der Waals surface area contributed by atoms with E-state index in [2.05, 4.69) is 22.9 Å². The van der Waals surface area contributed by atoms with E-state index in [1.165, 1.54) is 25.7 Å². The SMILES string of the molecule is CC1CCCCCC1NC(=O)c1ccc2c(c1)NCCN2. The molecule has 114 valence electrons. The highest BCUT2D eigenvalue weighted by atomic mass is 16.1. The summed E-state index contributed by atoms with van der Waals surface area (Å²) >= 11 is 0. The number of anilines is 2. The van der Waals surface area contributed by atoms with E-state index in [1.807, 2.05) is 18.2 Å². The van der Waals surface area contributed by atoms with Gasteiger partial charge in [-0.15, -0.1) is 0 Å². The Morgan fingerprint density at radius 3 is 2.71 bits per heavy atom. The molecule has 4 nitrogen and oxygen atoms in total. The summed E-state index contributed by atoms with van der Waals surface area (Å²) in [6.07, 6.45) is 6.15. The largest absolute Gasteiger partial charge is 0.382 e. The lowest BCUT2D eigenvalue weighted by Gasteiger charge is -2.24. The quantitative estimate of drug-likeness (QED) is 0.732. The van der Waals surface area contributed by atoms with Crippen molar-refractivity contribution in [2.75, 3.05) is 23.7 Å². The number of nitrogens with one attached hydrogen (secondary N) is 3. The van der Waals surface area contributed by atoms with Gasteiger partial charge in [-0.3, -0.25) is 4.79 Å². The lowest BCUT2D eigenvalue weighted by molar-refractivity contribution is 0.0921. The topological polar surface area (TPSA) is 53.2 Å². The van der Waals surface area contributed by atoms with Crippen molar-refractivity contribution < 1.29 is 4.79 Å². The van der Waals surface area contributed by atoms with Crippen LogP contribution < -0.4 is 16.0 Å². The van der Waals surface area contributed by atoms with E-state index in [0.29, 0.717) is 12.0 Å². The fourth-order valence-electron chi connectivity index (χ4n) is 3.34. The molecule has 21 heavy (non-hydrogen) atoms. The van der Waals surface area contributed by atoms with Gasteiger partial charge in [-0.1, -0.05) is 26.2 Å². The maximum absolute atomic E-state index is 12.5. The molecule has 0 spiro atoms. The molecule has 1 aliphatic heterocycles. The van der Waals surface area contributed by atoms with Gasteiger partial charge in [-0.25, -0.2) is 0 Å². The Balaban J connectivity index is 1.69. The average molecular weight is 287 g/mol. The van der Waals surface area contributed by atoms with Crippen molar-refractivity contribution >= 4 is 17.3 Å². The van der Waals surface area contributed by atoms with E-state index in [9.17, 15) is 4.79 Å². The highest BCUT2D eigenvalue weighted by molar-refractivity contribution is 5.96. The zero-order valence-corrected chi connectivity index (χ0v) is 12.7. The summed E-state index contributed by atoms with van der Waals surface area (Å²) in [6, 6.07) is 6.18. The number of amides is 1. The standard InChI is InChI=1S/C17H25N3O/c1-12-5-3-2-4-6-14(12)20-17(21)13-7-8-15-16(11-13)19-10-9-18-15/h7-8,11-12,14,18-19H,2-6,9-10H2,1H3,(H,20,21). The van der Waals surface area contributed by atoms with Gasteiger partial charge in [0.1, 0.15) is 0 Å². The normalized spacial score (nSPS) is 25.0. The maximum Gasteiger partial charge on any atom is 0.251 e. The van der Waals surface area contributed by atoms with E-state index >= 15 is 0 Å². The predicted octanol–water partition coefficient (Wildman–Crippen LogP) is 3.22. The van der Waals surface area contributed by atoms with Crippen molar-refractivity contribution in [2.24, 2.45) is 5.92 Å². The summed E-state index contributed by atoms with van der Waals surface area (Å²) in [6.45, 7) is 4.09. The van der Waals surface area contributed by atoms with Gasteiger partial charge in [0.25, 0.3) is 5.91 Å². The lowest BCUT2D eigenvalue weighted by Crippen LogP contribution is -2.38. The van der Waals surface area contributed by atoms with Crippen LogP contribution in [0.25, 0.3) is 0 Å². The molecule has 1 aromatic carbocycles. The molecule has 1 aromatic rings. The molecule has 2 unspecified atom stereocenters. The van der Waals surface area contributed by atoms with E-state index in [1.54, 1.807) is 0 Å². The molecule has 0 bridgehead atoms. The van der Waals surface area contributed by atoms with Crippen molar-refractivity contribution in [1.29, 1.82) is 0 Å². The summed E-state index contributed by atoms with van der Waals surface area (Å²) in [7, 11) is 0. The summed E-state index contributed by atoms with van der Waals surface area (Å²) in [4.78, 5) is 12.5. The smallest absolute Gasteiger partial charge is 0.251 e. The van der Waals surface area contributed by atoms with Crippen molar-refractivity contribution in [3.05, 3.63) is 23.8 Å². The van der Waals surface area contributed by atoms with Crippen LogP contribution >= 0.6 is 0 Å². The minimum absolute atomic E-state index is 0.0592. The number of fused-ring (bicyclic) bond motifs is 1. The van der Waals surface area contributed by atoms with Gasteiger partial charge >= 0.3 is 0 Å². The second kappa shape index (κ2) is 6.37. The van der Waals surface area contributed by atoms with Crippen LogP contribution in [0.5, 0.6) is 0 Å². The van der Waals surface area contributed by atoms with Gasteiger partial charge in [0.15, 0.2) is 0 Å². The average Bonchev–Trinajstić information content (AvgIpc) is 2.72. The van der Waals surface area contributed by atoms with Crippen LogP contribution in [0.4, 0.5) is 11.4 Å². The maximum atomic E-state index is 12.5. The summed E-state index contributed by atoms with van der Waals surface area (Å²) < 4.78 is 0. The Kier molecular flexibility index (Phi) is 4.32. The van der Waals surface area contributed by atoms with Gasteiger partial charge in [0.2, 0.25) is 0 Å². The first-order chi connectivity index (χ1) is 10.2. The van der Waals surface area contributed by atoms with Gasteiger partial charge in [-0.05, 0) is 37.0 Å². The van der Waals surface area contributed by atoms with E-state index in [0.717, 1.165) is 36.4 Å². The molecule has 0 radical (unpaired) electrons. The summed E-state index contributed by atoms with van der Waals surface area (Å²) in [5.41, 5.74) is 2.87. The Morgan fingerprint density at radius 1 is 1.10 bits per heavy atom. The first-order valence-electron chi connectivity index (χ1n) is 8.17. The molecule has 2 atom stereocenters. The van der Waals surface area contributed by atoms with Crippen molar-refractivity contribution in [2.45, 2.75) is 45.1 Å². The number of hydrogen-bond donors (Lipinski definition) is 3. The summed E-state index contributed by atoms with van der Waals surface area (Å²) in [5.74, 6) is 0.637. The first-order valence-corrected chi connectivity index (χ1v) is 8.17. The molecule has 4 heteroatoms. The molecular formula is C17H25N3O. The number of hydrogen-bond acceptors (Lipinski definition) is 3. The van der Waals surface area contributed by atoms with E-state index in [4.69, 9.17) is 0 Å². The molecule has 1 amide bonds. The summed E-state index contributed by atoms with van der Waals surface area (Å²) in [5, 5.41) is 9.91. The zero-order valence-electron chi connectivity index (χ0n) is 12.7. The zero-order chi connectivity index (χ0) is 14.7. The molecule has 0 aromatic heterocycles. The minimum Gasteiger partial charge on any atom is -0.382 e. The van der Waals surface area contributed by atoms with Crippen LogP contribution in [-0.2, 0) is 0 Å². The highest BCUT2D eigenvalue weighted by Crippen LogP contribution is 2.26. The molecule has 1 fully saturated rings. The van der Waals surface area contributed by atoms with Crippen LogP contribution in [0.1, 0.15) is 49.4 Å². The minimum atomic E-state index is 0.0592. The lowest BCUT2D eigenvalue weighted by atomic mass is 9.96. The van der Waals surface area contributed by atoms with Crippen LogP contribution in [0.3, 0.4) is 0 Å². The fourth-order valence-corrected chi connectivity index (χ4v) is 3.34. The number of carbonyl (C=O) groups is 1. The number of rotatable bonds is 2.